The number of H-pyrrole nitrogens is 1. The lowest BCUT2D eigenvalue weighted by Gasteiger charge is -2.12. The molecule has 0 unspecified atom stereocenters. The van der Waals surface area contributed by atoms with Gasteiger partial charge in [0.25, 0.3) is 0 Å². The molecule has 3 aromatic heterocycles. The van der Waals surface area contributed by atoms with Crippen LogP contribution >= 0.6 is 0 Å². The predicted octanol–water partition coefficient (Wildman–Crippen LogP) is 4.58. The van der Waals surface area contributed by atoms with Crippen molar-refractivity contribution >= 4 is 22.1 Å². The van der Waals surface area contributed by atoms with Gasteiger partial charge in [-0.15, -0.1) is 5.10 Å². The van der Waals surface area contributed by atoms with Gasteiger partial charge in [-0.05, 0) is 30.3 Å². The minimum Gasteiger partial charge on any atom is -0.280 e. The van der Waals surface area contributed by atoms with Crippen LogP contribution in [0.4, 0.5) is 17.6 Å². The normalized spacial score (nSPS) is 12.6. The summed E-state index contributed by atoms with van der Waals surface area (Å²) in [6, 6.07) is 7.00. The fourth-order valence-electron chi connectivity index (χ4n) is 2.88. The maximum atomic E-state index is 13.8. The molecule has 4 aromatic rings. The third kappa shape index (κ3) is 2.51. The molecule has 3 heterocycles. The van der Waals surface area contributed by atoms with Crippen LogP contribution in [0.1, 0.15) is 31.3 Å². The molecule has 1 N–H and O–H groups in total. The first-order valence-corrected chi connectivity index (χ1v) is 7.86. The van der Waals surface area contributed by atoms with Gasteiger partial charge in [-0.1, -0.05) is 13.8 Å². The molecule has 0 fully saturated rings. The Hall–Kier alpha value is -2.97. The minimum atomic E-state index is -4.57. The Balaban J connectivity index is 2.04. The second-order valence-corrected chi connectivity index (χ2v) is 6.24. The van der Waals surface area contributed by atoms with Crippen LogP contribution in [0.15, 0.2) is 30.3 Å². The number of pyridine rings is 1. The molecule has 1 aromatic carbocycles. The lowest BCUT2D eigenvalue weighted by molar-refractivity contribution is -0.141. The van der Waals surface area contributed by atoms with Crippen molar-refractivity contribution in [2.75, 3.05) is 0 Å². The van der Waals surface area contributed by atoms with E-state index in [0.717, 1.165) is 6.07 Å². The van der Waals surface area contributed by atoms with Gasteiger partial charge in [0.05, 0.1) is 10.9 Å². The first-order chi connectivity index (χ1) is 12.3. The van der Waals surface area contributed by atoms with Crippen LogP contribution in [0.2, 0.25) is 0 Å². The zero-order chi connectivity index (χ0) is 18.6. The summed E-state index contributed by atoms with van der Waals surface area (Å²) in [5, 5.41) is 6.29. The van der Waals surface area contributed by atoms with E-state index in [2.05, 4.69) is 20.2 Å². The summed E-state index contributed by atoms with van der Waals surface area (Å²) >= 11 is 0. The van der Waals surface area contributed by atoms with E-state index >= 15 is 0 Å². The lowest BCUT2D eigenvalue weighted by atomic mass is 10.2. The Labute approximate surface area is 144 Å². The number of nitrogens with one attached hydrogen (secondary N) is 1. The summed E-state index contributed by atoms with van der Waals surface area (Å²) < 4.78 is 54.6. The number of aromatic amines is 1. The highest BCUT2D eigenvalue weighted by molar-refractivity contribution is 5.82. The van der Waals surface area contributed by atoms with E-state index in [4.69, 9.17) is 0 Å². The van der Waals surface area contributed by atoms with Crippen LogP contribution in [0.3, 0.4) is 0 Å². The molecule has 9 heteroatoms. The van der Waals surface area contributed by atoms with Crippen LogP contribution < -0.4 is 0 Å². The van der Waals surface area contributed by atoms with E-state index in [9.17, 15) is 17.6 Å². The van der Waals surface area contributed by atoms with Crippen molar-refractivity contribution in [1.82, 2.24) is 24.7 Å². The second-order valence-electron chi connectivity index (χ2n) is 6.24. The quantitative estimate of drug-likeness (QED) is 0.531. The molecule has 0 atom stereocenters. The maximum Gasteiger partial charge on any atom is 0.433 e. The van der Waals surface area contributed by atoms with Gasteiger partial charge in [0.15, 0.2) is 5.65 Å². The highest BCUT2D eigenvalue weighted by atomic mass is 19.4. The summed E-state index contributed by atoms with van der Waals surface area (Å²) in [4.78, 5) is 8.19. The van der Waals surface area contributed by atoms with Crippen LogP contribution in [0.25, 0.3) is 27.8 Å². The molecule has 0 saturated heterocycles. The Kier molecular flexibility index (Phi) is 3.50. The van der Waals surface area contributed by atoms with Crippen LogP contribution in [-0.2, 0) is 6.18 Å². The summed E-state index contributed by atoms with van der Waals surface area (Å²) in [7, 11) is 0. The van der Waals surface area contributed by atoms with Gasteiger partial charge < -0.3 is 0 Å². The van der Waals surface area contributed by atoms with E-state index in [0.29, 0.717) is 22.5 Å². The summed E-state index contributed by atoms with van der Waals surface area (Å²) in [5.74, 6) is -0.222. The fourth-order valence-corrected chi connectivity index (χ4v) is 2.88. The number of benzene rings is 1. The molecule has 0 aliphatic carbocycles. The monoisotopic (exact) mass is 363 g/mol. The molecule has 0 aliphatic heterocycles. The Morgan fingerprint density at radius 3 is 2.54 bits per heavy atom. The van der Waals surface area contributed by atoms with Crippen molar-refractivity contribution in [2.24, 2.45) is 0 Å². The minimum absolute atomic E-state index is 0.0757. The zero-order valence-corrected chi connectivity index (χ0v) is 13.8. The van der Waals surface area contributed by atoms with E-state index in [1.165, 1.54) is 16.7 Å². The highest BCUT2D eigenvalue weighted by Crippen LogP contribution is 2.32. The van der Waals surface area contributed by atoms with E-state index in [1.54, 1.807) is 12.1 Å². The molecular weight excluding hydrogens is 350 g/mol. The number of rotatable bonds is 2. The number of alkyl halides is 3. The van der Waals surface area contributed by atoms with Gasteiger partial charge in [-0.25, -0.2) is 9.97 Å². The summed E-state index contributed by atoms with van der Waals surface area (Å²) in [6.45, 7) is 3.75. The van der Waals surface area contributed by atoms with Crippen LogP contribution in [0.5, 0.6) is 0 Å². The smallest absolute Gasteiger partial charge is 0.280 e. The average Bonchev–Trinajstić information content (AvgIpc) is 3.14. The number of hydrogen-bond acceptors (Lipinski definition) is 3. The van der Waals surface area contributed by atoms with Gasteiger partial charge in [-0.3, -0.25) is 9.67 Å². The van der Waals surface area contributed by atoms with Gasteiger partial charge in [0.2, 0.25) is 5.95 Å². The topological polar surface area (TPSA) is 59.4 Å². The number of imidazole rings is 1. The standard InChI is InChI=1S/C17H13F4N5/c1-8(2)15-22-12-5-6-13(17(19,20)21)23-16(12)26(15)9-3-4-11-10(7-9)14(18)25-24-11/h3-8H,1-2H3,(H,24,25). The number of hydrogen-bond donors (Lipinski definition) is 1. The summed E-state index contributed by atoms with van der Waals surface area (Å²) in [5.41, 5.74) is 0.375. The van der Waals surface area contributed by atoms with E-state index in [1.807, 2.05) is 13.8 Å². The molecule has 0 aliphatic rings. The Morgan fingerprint density at radius 2 is 1.85 bits per heavy atom. The SMILES string of the molecule is CC(C)c1nc2ccc(C(F)(F)F)nc2n1-c1ccc2[nH]nc(F)c2c1. The van der Waals surface area contributed by atoms with Crippen molar-refractivity contribution in [1.29, 1.82) is 0 Å². The highest BCUT2D eigenvalue weighted by Gasteiger charge is 2.33. The molecule has 26 heavy (non-hydrogen) atoms. The van der Waals surface area contributed by atoms with E-state index in [-0.39, 0.29) is 17.0 Å². The van der Waals surface area contributed by atoms with Crippen LogP contribution in [-0.4, -0.2) is 24.7 Å². The van der Waals surface area contributed by atoms with Gasteiger partial charge in [-0.2, -0.15) is 17.6 Å². The number of fused-ring (bicyclic) bond motifs is 2. The molecule has 0 bridgehead atoms. The van der Waals surface area contributed by atoms with Gasteiger partial charge in [0.1, 0.15) is 17.0 Å². The zero-order valence-electron chi connectivity index (χ0n) is 13.8. The van der Waals surface area contributed by atoms with Crippen LogP contribution in [0, 0.1) is 5.95 Å². The molecule has 134 valence electrons. The number of halogens is 4. The van der Waals surface area contributed by atoms with E-state index < -0.39 is 17.8 Å². The third-order valence-corrected chi connectivity index (χ3v) is 4.10. The molecular formula is C17H13F4N5. The van der Waals surface area contributed by atoms with Gasteiger partial charge >= 0.3 is 6.18 Å². The first kappa shape index (κ1) is 16.5. The van der Waals surface area contributed by atoms with Crippen molar-refractivity contribution in [3.8, 4) is 5.69 Å². The second kappa shape index (κ2) is 5.52. The average molecular weight is 363 g/mol. The van der Waals surface area contributed by atoms with Crippen molar-refractivity contribution in [2.45, 2.75) is 25.9 Å². The molecule has 4 rings (SSSR count). The first-order valence-electron chi connectivity index (χ1n) is 7.86. The molecule has 0 spiro atoms. The molecule has 5 nitrogen and oxygen atoms in total. The molecule has 0 amide bonds. The predicted molar refractivity (Wildman–Crippen MR) is 87.6 cm³/mol. The number of aromatic nitrogens is 5. The lowest BCUT2D eigenvalue weighted by Crippen LogP contribution is -2.09. The van der Waals surface area contributed by atoms with Gasteiger partial charge in [0, 0.05) is 11.6 Å². The van der Waals surface area contributed by atoms with Crippen molar-refractivity contribution in [3.63, 3.8) is 0 Å². The summed E-state index contributed by atoms with van der Waals surface area (Å²) in [6.07, 6.45) is -4.57. The van der Waals surface area contributed by atoms with Crippen molar-refractivity contribution in [3.05, 3.63) is 47.8 Å². The largest absolute Gasteiger partial charge is 0.433 e. The Morgan fingerprint density at radius 1 is 1.08 bits per heavy atom. The fraction of sp³-hybridized carbons (Fsp3) is 0.235. The third-order valence-electron chi connectivity index (χ3n) is 4.10. The Bertz CT molecular complexity index is 1120. The number of nitrogens with zero attached hydrogens (tertiary/aromatic N) is 4. The molecule has 0 radical (unpaired) electrons. The maximum absolute atomic E-state index is 13.8. The van der Waals surface area contributed by atoms with Crippen molar-refractivity contribution < 1.29 is 17.6 Å². The molecule has 0 saturated carbocycles.